The van der Waals surface area contributed by atoms with Crippen molar-refractivity contribution < 1.29 is 9.90 Å². The lowest BCUT2D eigenvalue weighted by atomic mass is 10.3. The SMILES string of the molecule is C/C=C(\C)C(=O)NC.C=C.CO. The largest absolute Gasteiger partial charge is 0.400 e. The van der Waals surface area contributed by atoms with Crippen molar-refractivity contribution in [2.24, 2.45) is 0 Å². The summed E-state index contributed by atoms with van der Waals surface area (Å²) in [4.78, 5) is 10.6. The predicted octanol–water partition coefficient (Wildman–Crippen LogP) is 1.11. The highest BCUT2D eigenvalue weighted by Crippen LogP contribution is 1.88. The number of allylic oxidation sites excluding steroid dienone is 1. The highest BCUT2D eigenvalue weighted by molar-refractivity contribution is 5.92. The second kappa shape index (κ2) is 16.5. The van der Waals surface area contributed by atoms with Crippen LogP contribution in [0, 0.1) is 0 Å². The number of amides is 1. The van der Waals surface area contributed by atoms with Crippen molar-refractivity contribution in [2.75, 3.05) is 14.2 Å². The molecule has 2 N–H and O–H groups in total. The molecule has 0 saturated carbocycles. The predicted molar refractivity (Wildman–Crippen MR) is 52.9 cm³/mol. The number of aliphatic hydroxyl groups is 1. The minimum atomic E-state index is -0.00694. The molecule has 0 aromatic carbocycles. The number of likely N-dealkylation sites (N-methyl/N-ethyl adjacent to an activating group) is 1. The van der Waals surface area contributed by atoms with Crippen molar-refractivity contribution in [3.8, 4) is 0 Å². The van der Waals surface area contributed by atoms with Crippen molar-refractivity contribution in [1.29, 1.82) is 0 Å². The molecule has 0 aromatic rings. The summed E-state index contributed by atoms with van der Waals surface area (Å²) in [7, 11) is 2.62. The summed E-state index contributed by atoms with van der Waals surface area (Å²) in [5.41, 5.74) is 0.757. The summed E-state index contributed by atoms with van der Waals surface area (Å²) in [6.07, 6.45) is 1.78. The number of nitrogens with one attached hydrogen (secondary N) is 1. The average molecular weight is 173 g/mol. The molecule has 0 rings (SSSR count). The van der Waals surface area contributed by atoms with Crippen molar-refractivity contribution >= 4 is 5.91 Å². The van der Waals surface area contributed by atoms with Gasteiger partial charge in [0.2, 0.25) is 5.91 Å². The molecule has 0 spiro atoms. The molecule has 0 aromatic heterocycles. The van der Waals surface area contributed by atoms with Crippen LogP contribution < -0.4 is 5.32 Å². The Bertz CT molecular complexity index is 130. The van der Waals surface area contributed by atoms with Crippen LogP contribution in [-0.2, 0) is 4.79 Å². The summed E-state index contributed by atoms with van der Waals surface area (Å²) in [6, 6.07) is 0. The molecule has 0 fully saturated rings. The molecule has 0 aliphatic carbocycles. The van der Waals surface area contributed by atoms with E-state index in [2.05, 4.69) is 18.5 Å². The molecule has 0 heterocycles. The number of carbonyl (C=O) groups is 1. The first-order chi connectivity index (χ1) is 5.72. The first kappa shape index (κ1) is 17.1. The first-order valence-electron chi connectivity index (χ1n) is 3.52. The number of hydrogen-bond acceptors (Lipinski definition) is 2. The van der Waals surface area contributed by atoms with Crippen molar-refractivity contribution in [3.63, 3.8) is 0 Å². The standard InChI is InChI=1S/C6H11NO.C2H4.CH4O/c1-4-5(2)6(8)7-3;2*1-2/h4H,1-3H3,(H,7,8);1-2H2;2H,1H3/b5-4+;;. The molecule has 0 aliphatic heterocycles. The Hall–Kier alpha value is -1.09. The average Bonchev–Trinajstić information content (AvgIpc) is 2.21. The molecule has 0 atom stereocenters. The molecule has 0 unspecified atom stereocenters. The van der Waals surface area contributed by atoms with Gasteiger partial charge in [0.05, 0.1) is 0 Å². The first-order valence-corrected chi connectivity index (χ1v) is 3.52. The Labute approximate surface area is 74.8 Å². The van der Waals surface area contributed by atoms with E-state index in [-0.39, 0.29) is 5.91 Å². The minimum absolute atomic E-state index is 0.00694. The second-order valence-corrected chi connectivity index (χ2v) is 1.55. The van der Waals surface area contributed by atoms with Crippen molar-refractivity contribution in [2.45, 2.75) is 13.8 Å². The van der Waals surface area contributed by atoms with Gasteiger partial charge in [0.15, 0.2) is 0 Å². The van der Waals surface area contributed by atoms with Gasteiger partial charge in [-0.3, -0.25) is 4.79 Å². The normalized spacial score (nSPS) is 8.25. The maximum Gasteiger partial charge on any atom is 0.246 e. The topological polar surface area (TPSA) is 49.3 Å². The molecule has 3 heteroatoms. The summed E-state index contributed by atoms with van der Waals surface area (Å²) in [5.74, 6) is -0.00694. The lowest BCUT2D eigenvalue weighted by Crippen LogP contribution is -2.18. The fourth-order valence-corrected chi connectivity index (χ4v) is 0.328. The highest BCUT2D eigenvalue weighted by Gasteiger charge is 1.95. The van der Waals surface area contributed by atoms with E-state index in [0.29, 0.717) is 0 Å². The van der Waals surface area contributed by atoms with E-state index < -0.39 is 0 Å². The van der Waals surface area contributed by atoms with Gasteiger partial charge in [0, 0.05) is 19.7 Å². The van der Waals surface area contributed by atoms with Gasteiger partial charge in [-0.1, -0.05) is 6.08 Å². The van der Waals surface area contributed by atoms with Crippen LogP contribution in [0.1, 0.15) is 13.8 Å². The van der Waals surface area contributed by atoms with Crippen LogP contribution in [0.3, 0.4) is 0 Å². The third kappa shape index (κ3) is 11.7. The van der Waals surface area contributed by atoms with Gasteiger partial charge in [0.25, 0.3) is 0 Å². The zero-order chi connectivity index (χ0) is 10.6. The summed E-state index contributed by atoms with van der Waals surface area (Å²) in [5, 5.41) is 9.51. The van der Waals surface area contributed by atoms with Crippen LogP contribution in [0.15, 0.2) is 24.8 Å². The molecule has 1 amide bonds. The van der Waals surface area contributed by atoms with E-state index in [0.717, 1.165) is 12.7 Å². The zero-order valence-corrected chi connectivity index (χ0v) is 8.35. The van der Waals surface area contributed by atoms with E-state index in [1.807, 2.05) is 6.92 Å². The van der Waals surface area contributed by atoms with Gasteiger partial charge >= 0.3 is 0 Å². The van der Waals surface area contributed by atoms with E-state index in [1.165, 1.54) is 0 Å². The van der Waals surface area contributed by atoms with Crippen molar-refractivity contribution in [1.82, 2.24) is 5.32 Å². The third-order valence-electron chi connectivity index (χ3n) is 1.02. The second-order valence-electron chi connectivity index (χ2n) is 1.55. The number of carbonyl (C=O) groups excluding carboxylic acids is 1. The minimum Gasteiger partial charge on any atom is -0.400 e. The number of aliphatic hydroxyl groups excluding tert-OH is 1. The molecule has 72 valence electrons. The fraction of sp³-hybridized carbons (Fsp3) is 0.444. The number of hydrogen-bond donors (Lipinski definition) is 2. The Morgan fingerprint density at radius 2 is 1.75 bits per heavy atom. The summed E-state index contributed by atoms with van der Waals surface area (Å²) < 4.78 is 0. The number of rotatable bonds is 1. The van der Waals surface area contributed by atoms with Gasteiger partial charge in [-0.05, 0) is 13.8 Å². The van der Waals surface area contributed by atoms with Gasteiger partial charge < -0.3 is 10.4 Å². The molecule has 3 nitrogen and oxygen atoms in total. The van der Waals surface area contributed by atoms with E-state index in [4.69, 9.17) is 5.11 Å². The molecule has 0 radical (unpaired) electrons. The molecular weight excluding hydrogens is 154 g/mol. The summed E-state index contributed by atoms with van der Waals surface area (Å²) >= 11 is 0. The van der Waals surface area contributed by atoms with Gasteiger partial charge in [-0.25, -0.2) is 0 Å². The van der Waals surface area contributed by atoms with Crippen LogP contribution in [0.5, 0.6) is 0 Å². The molecule has 0 bridgehead atoms. The zero-order valence-electron chi connectivity index (χ0n) is 8.35. The molecule has 0 aliphatic rings. The van der Waals surface area contributed by atoms with Crippen LogP contribution >= 0.6 is 0 Å². The Morgan fingerprint density at radius 1 is 1.42 bits per heavy atom. The lowest BCUT2D eigenvalue weighted by Gasteiger charge is -1.94. The maximum atomic E-state index is 10.6. The third-order valence-corrected chi connectivity index (χ3v) is 1.02. The Balaban J connectivity index is -0.000000175. The molecule has 0 saturated heterocycles. The van der Waals surface area contributed by atoms with Crippen LogP contribution in [0.4, 0.5) is 0 Å². The Morgan fingerprint density at radius 3 is 1.83 bits per heavy atom. The van der Waals surface area contributed by atoms with E-state index in [1.54, 1.807) is 20.0 Å². The smallest absolute Gasteiger partial charge is 0.246 e. The van der Waals surface area contributed by atoms with E-state index in [9.17, 15) is 4.79 Å². The maximum absolute atomic E-state index is 10.6. The van der Waals surface area contributed by atoms with Crippen molar-refractivity contribution in [3.05, 3.63) is 24.8 Å². The van der Waals surface area contributed by atoms with Crippen LogP contribution in [0.2, 0.25) is 0 Å². The van der Waals surface area contributed by atoms with Gasteiger partial charge in [0.1, 0.15) is 0 Å². The van der Waals surface area contributed by atoms with Gasteiger partial charge in [-0.2, -0.15) is 0 Å². The van der Waals surface area contributed by atoms with Crippen LogP contribution in [-0.4, -0.2) is 25.2 Å². The van der Waals surface area contributed by atoms with Gasteiger partial charge in [-0.15, -0.1) is 13.2 Å². The quantitative estimate of drug-likeness (QED) is 0.461. The Kier molecular flexibility index (Phi) is 23.5. The highest BCUT2D eigenvalue weighted by atomic mass is 16.2. The molecule has 12 heavy (non-hydrogen) atoms. The summed E-state index contributed by atoms with van der Waals surface area (Å²) in [6.45, 7) is 9.61. The fourth-order valence-electron chi connectivity index (χ4n) is 0.328. The monoisotopic (exact) mass is 173 g/mol. The molecular formula is C9H19NO2. The van der Waals surface area contributed by atoms with E-state index >= 15 is 0 Å². The lowest BCUT2D eigenvalue weighted by molar-refractivity contribution is -0.117. The van der Waals surface area contributed by atoms with Crippen LogP contribution in [0.25, 0.3) is 0 Å².